The summed E-state index contributed by atoms with van der Waals surface area (Å²) in [6.07, 6.45) is 3.75. The summed E-state index contributed by atoms with van der Waals surface area (Å²) in [6.45, 7) is 9.77. The summed E-state index contributed by atoms with van der Waals surface area (Å²) >= 11 is 0. The Morgan fingerprint density at radius 3 is 2.33 bits per heavy atom. The first-order valence-corrected chi connectivity index (χ1v) is 16.9. The lowest BCUT2D eigenvalue weighted by Gasteiger charge is -2.52. The highest BCUT2D eigenvalue weighted by Crippen LogP contribution is 2.38. The summed E-state index contributed by atoms with van der Waals surface area (Å²) in [5.74, 6) is -1.89. The van der Waals surface area contributed by atoms with Crippen LogP contribution in [0.25, 0.3) is 0 Å². The summed E-state index contributed by atoms with van der Waals surface area (Å²) < 4.78 is 18.2. The van der Waals surface area contributed by atoms with Gasteiger partial charge >= 0.3 is 5.97 Å². The van der Waals surface area contributed by atoms with Crippen molar-refractivity contribution in [3.63, 3.8) is 0 Å². The van der Waals surface area contributed by atoms with E-state index in [0.29, 0.717) is 24.0 Å². The number of fused-ring (bicyclic) bond motifs is 1. The van der Waals surface area contributed by atoms with Crippen LogP contribution < -0.4 is 15.0 Å². The zero-order chi connectivity index (χ0) is 33.8. The summed E-state index contributed by atoms with van der Waals surface area (Å²) in [6, 6.07) is 11.9. The Kier molecular flexibility index (Phi) is 8.27. The molecule has 12 nitrogen and oxygen atoms in total. The van der Waals surface area contributed by atoms with Gasteiger partial charge in [-0.2, -0.15) is 0 Å². The lowest BCUT2D eigenvalue weighted by Crippen LogP contribution is -2.61. The van der Waals surface area contributed by atoms with Crippen LogP contribution in [0.4, 0.5) is 5.69 Å². The Bertz CT molecular complexity index is 1640. The lowest BCUT2D eigenvalue weighted by molar-refractivity contribution is -0.143. The molecule has 1 unspecified atom stereocenters. The number of amides is 4. The first-order valence-electron chi connectivity index (χ1n) is 16.9. The van der Waals surface area contributed by atoms with E-state index in [4.69, 9.17) is 14.2 Å². The topological polar surface area (TPSA) is 135 Å². The minimum Gasteiger partial charge on any atom is -0.490 e. The quantitative estimate of drug-likeness (QED) is 0.364. The van der Waals surface area contributed by atoms with E-state index < -0.39 is 35.3 Å². The molecule has 4 heterocycles. The zero-order valence-corrected chi connectivity index (χ0v) is 27.7. The Balaban J connectivity index is 0.902. The van der Waals surface area contributed by atoms with Crippen molar-refractivity contribution in [2.75, 3.05) is 37.7 Å². The van der Waals surface area contributed by atoms with Crippen LogP contribution in [0.15, 0.2) is 42.5 Å². The first-order chi connectivity index (χ1) is 22.9. The number of esters is 1. The molecule has 0 bridgehead atoms. The number of morpholine rings is 1. The van der Waals surface area contributed by atoms with Crippen LogP contribution in [0, 0.1) is 0 Å². The summed E-state index contributed by atoms with van der Waals surface area (Å²) in [7, 11) is 0. The summed E-state index contributed by atoms with van der Waals surface area (Å²) in [5, 5.41) is 2.22. The van der Waals surface area contributed by atoms with E-state index in [0.717, 1.165) is 62.4 Å². The van der Waals surface area contributed by atoms with Crippen LogP contribution in [0.3, 0.4) is 0 Å². The highest BCUT2D eigenvalue weighted by atomic mass is 16.6. The molecule has 1 aliphatic carbocycles. The van der Waals surface area contributed by atoms with E-state index in [1.807, 2.05) is 45.0 Å². The van der Waals surface area contributed by atoms with Gasteiger partial charge in [0.05, 0.1) is 28.9 Å². The Labute approximate surface area is 279 Å². The monoisotopic (exact) mass is 658 g/mol. The molecule has 254 valence electrons. The molecule has 0 aromatic heterocycles. The van der Waals surface area contributed by atoms with Gasteiger partial charge in [0.25, 0.3) is 11.8 Å². The van der Waals surface area contributed by atoms with E-state index in [1.165, 1.54) is 0 Å². The van der Waals surface area contributed by atoms with Crippen LogP contribution in [0.1, 0.15) is 90.4 Å². The molecule has 2 aromatic carbocycles. The van der Waals surface area contributed by atoms with Crippen molar-refractivity contribution in [2.24, 2.45) is 0 Å². The van der Waals surface area contributed by atoms with Crippen LogP contribution in [0.5, 0.6) is 5.75 Å². The molecule has 7 rings (SSSR count). The minimum atomic E-state index is -0.992. The average Bonchev–Trinajstić information content (AvgIpc) is 3.27. The minimum absolute atomic E-state index is 0.00390. The fraction of sp³-hybridized carbons (Fsp3) is 0.528. The van der Waals surface area contributed by atoms with Gasteiger partial charge in [0.2, 0.25) is 11.8 Å². The number of nitrogens with one attached hydrogen (secondary N) is 1. The van der Waals surface area contributed by atoms with Gasteiger partial charge in [-0.05, 0) is 82.5 Å². The molecule has 48 heavy (non-hydrogen) atoms. The van der Waals surface area contributed by atoms with Crippen molar-refractivity contribution in [1.29, 1.82) is 0 Å². The number of hydrogen-bond acceptors (Lipinski definition) is 10. The molecule has 3 saturated heterocycles. The van der Waals surface area contributed by atoms with Gasteiger partial charge in [0.1, 0.15) is 23.5 Å². The number of anilines is 1. The maximum Gasteiger partial charge on any atom is 0.338 e. The van der Waals surface area contributed by atoms with Crippen LogP contribution in [-0.4, -0.2) is 102 Å². The predicted molar refractivity (Wildman–Crippen MR) is 174 cm³/mol. The van der Waals surface area contributed by atoms with Crippen molar-refractivity contribution < 1.29 is 38.2 Å². The van der Waals surface area contributed by atoms with Crippen molar-refractivity contribution in [1.82, 2.24) is 15.1 Å². The molecular weight excluding hydrogens is 616 g/mol. The smallest absolute Gasteiger partial charge is 0.338 e. The van der Waals surface area contributed by atoms with Gasteiger partial charge in [-0.1, -0.05) is 0 Å². The summed E-state index contributed by atoms with van der Waals surface area (Å²) in [4.78, 5) is 68.4. The molecule has 0 radical (unpaired) electrons. The molecule has 1 atom stereocenters. The van der Waals surface area contributed by atoms with Crippen LogP contribution in [-0.2, 0) is 19.1 Å². The van der Waals surface area contributed by atoms with Crippen molar-refractivity contribution in [3.8, 4) is 5.75 Å². The maximum atomic E-state index is 13.2. The predicted octanol–water partition coefficient (Wildman–Crippen LogP) is 3.32. The molecule has 2 aromatic rings. The van der Waals surface area contributed by atoms with E-state index in [2.05, 4.69) is 15.1 Å². The molecule has 4 amide bonds. The van der Waals surface area contributed by atoms with Gasteiger partial charge in [0, 0.05) is 57.2 Å². The van der Waals surface area contributed by atoms with Crippen molar-refractivity contribution in [2.45, 2.75) is 88.7 Å². The number of carbonyl (C=O) groups excluding carboxylic acids is 5. The molecule has 1 saturated carbocycles. The second-order valence-electron chi connectivity index (χ2n) is 14.6. The maximum absolute atomic E-state index is 13.2. The fourth-order valence-electron chi connectivity index (χ4n) is 7.45. The van der Waals surface area contributed by atoms with E-state index >= 15 is 0 Å². The van der Waals surface area contributed by atoms with E-state index in [-0.39, 0.29) is 41.6 Å². The third kappa shape index (κ3) is 6.30. The second-order valence-corrected chi connectivity index (χ2v) is 14.6. The summed E-state index contributed by atoms with van der Waals surface area (Å²) in [5.41, 5.74) is 1.39. The largest absolute Gasteiger partial charge is 0.490 e. The number of carbonyl (C=O) groups is 5. The lowest BCUT2D eigenvalue weighted by atomic mass is 9.83. The Morgan fingerprint density at radius 1 is 0.938 bits per heavy atom. The number of piperidine rings is 2. The van der Waals surface area contributed by atoms with E-state index in [1.54, 1.807) is 18.2 Å². The third-order valence-corrected chi connectivity index (χ3v) is 10.1. The number of ether oxygens (including phenoxy) is 3. The third-order valence-electron chi connectivity index (χ3n) is 10.1. The van der Waals surface area contributed by atoms with Gasteiger partial charge in [-0.3, -0.25) is 34.3 Å². The molecule has 12 heteroatoms. The van der Waals surface area contributed by atoms with Gasteiger partial charge in [0.15, 0.2) is 0 Å². The number of nitrogens with zero attached hydrogens (tertiary/aromatic N) is 3. The van der Waals surface area contributed by atoms with Crippen LogP contribution in [0.2, 0.25) is 0 Å². The highest BCUT2D eigenvalue weighted by molar-refractivity contribution is 6.23. The standard InChI is InChI=1S/C36H42N4O8/c1-35(2,3)48-34(45)22-4-6-23(7-5-22)38-14-12-36(13-15-38)21-39(16-17-46-36)24-18-26(19-24)47-25-8-9-27-28(20-25)33(44)40(32(27)43)29-10-11-30(41)37-31(29)42/h4-9,20,24,26,29H,10-19,21H2,1-3H3,(H,37,41,42)/t24-,26-,29?. The van der Waals surface area contributed by atoms with Crippen molar-refractivity contribution >= 4 is 35.3 Å². The van der Waals surface area contributed by atoms with Crippen LogP contribution >= 0.6 is 0 Å². The molecule has 4 aliphatic heterocycles. The average molecular weight is 659 g/mol. The number of rotatable bonds is 6. The molecule has 5 aliphatic rings. The van der Waals surface area contributed by atoms with Gasteiger partial charge < -0.3 is 19.1 Å². The Hall–Kier alpha value is -4.29. The number of benzene rings is 2. The molecule has 4 fully saturated rings. The van der Waals surface area contributed by atoms with Crippen molar-refractivity contribution in [3.05, 3.63) is 59.2 Å². The van der Waals surface area contributed by atoms with Gasteiger partial charge in [-0.25, -0.2) is 4.79 Å². The zero-order valence-electron chi connectivity index (χ0n) is 27.7. The number of hydrogen-bond donors (Lipinski definition) is 1. The molecule has 1 N–H and O–H groups in total. The first kappa shape index (κ1) is 32.3. The Morgan fingerprint density at radius 2 is 1.65 bits per heavy atom. The molecule has 1 spiro atoms. The fourth-order valence-corrected chi connectivity index (χ4v) is 7.45. The number of imide groups is 2. The van der Waals surface area contributed by atoms with E-state index in [9.17, 15) is 24.0 Å². The highest BCUT2D eigenvalue weighted by Gasteiger charge is 2.46. The second kappa shape index (κ2) is 12.3. The van der Waals surface area contributed by atoms with Gasteiger partial charge in [-0.15, -0.1) is 0 Å². The SMILES string of the molecule is CC(C)(C)OC(=O)c1ccc(N2CCC3(CC2)CN([C@H]2C[C@H](Oc4ccc5c(c4)C(=O)N(C4CCC(=O)NC4=O)C5=O)C2)CCO3)cc1. The molecular formula is C36H42N4O8. The normalized spacial score (nSPS) is 25.9.